The summed E-state index contributed by atoms with van der Waals surface area (Å²) in [5.74, 6) is -1.42. The predicted octanol–water partition coefficient (Wildman–Crippen LogP) is -1.27. The van der Waals surface area contributed by atoms with Gasteiger partial charge in [0.05, 0.1) is 0 Å². The molecule has 3 atom stereocenters. The SMILES string of the molecule is O=C1NC(O)C=CN1[C@@H]1OC(CO)=C(F)C1O. The van der Waals surface area contributed by atoms with E-state index in [0.29, 0.717) is 0 Å². The van der Waals surface area contributed by atoms with Gasteiger partial charge in [-0.05, 0) is 6.08 Å². The van der Waals surface area contributed by atoms with Crippen molar-refractivity contribution in [2.45, 2.75) is 18.6 Å². The van der Waals surface area contributed by atoms with Gasteiger partial charge in [-0.1, -0.05) is 0 Å². The highest BCUT2D eigenvalue weighted by Crippen LogP contribution is 2.29. The van der Waals surface area contributed by atoms with Crippen molar-refractivity contribution in [1.29, 1.82) is 0 Å². The number of halogens is 1. The molecule has 4 N–H and O–H groups in total. The summed E-state index contributed by atoms with van der Waals surface area (Å²) < 4.78 is 18.2. The van der Waals surface area contributed by atoms with Gasteiger partial charge < -0.3 is 25.4 Å². The maximum Gasteiger partial charge on any atom is 0.326 e. The molecule has 2 aliphatic heterocycles. The fraction of sp³-hybridized carbons (Fsp3) is 0.444. The Balaban J connectivity index is 2.16. The average molecular weight is 246 g/mol. The highest BCUT2D eigenvalue weighted by Gasteiger charge is 2.42. The number of aliphatic hydroxyl groups is 3. The molecular weight excluding hydrogens is 235 g/mol. The highest BCUT2D eigenvalue weighted by molar-refractivity contribution is 5.77. The number of nitrogens with one attached hydrogen (secondary N) is 1. The molecule has 0 bridgehead atoms. The Hall–Kier alpha value is -1.64. The minimum Gasteiger partial charge on any atom is -0.466 e. The zero-order chi connectivity index (χ0) is 12.6. The lowest BCUT2D eigenvalue weighted by molar-refractivity contribution is -0.0346. The summed E-state index contributed by atoms with van der Waals surface area (Å²) >= 11 is 0. The molecule has 0 aromatic heterocycles. The second kappa shape index (κ2) is 4.32. The zero-order valence-electron chi connectivity index (χ0n) is 8.58. The van der Waals surface area contributed by atoms with Gasteiger partial charge in [0.25, 0.3) is 0 Å². The van der Waals surface area contributed by atoms with Gasteiger partial charge in [0, 0.05) is 6.20 Å². The van der Waals surface area contributed by atoms with Crippen molar-refractivity contribution in [2.24, 2.45) is 0 Å². The fourth-order valence-corrected chi connectivity index (χ4v) is 1.57. The molecular formula is C9H11FN2O5. The highest BCUT2D eigenvalue weighted by atomic mass is 19.1. The molecule has 0 aliphatic carbocycles. The number of amides is 2. The van der Waals surface area contributed by atoms with Gasteiger partial charge >= 0.3 is 6.03 Å². The second-order valence-electron chi connectivity index (χ2n) is 3.53. The van der Waals surface area contributed by atoms with E-state index < -0.39 is 42.8 Å². The Labute approximate surface area is 95.4 Å². The average Bonchev–Trinajstić information content (AvgIpc) is 2.57. The first-order valence-corrected chi connectivity index (χ1v) is 4.84. The van der Waals surface area contributed by atoms with Gasteiger partial charge in [-0.15, -0.1) is 0 Å². The van der Waals surface area contributed by atoms with Crippen LogP contribution in [0.5, 0.6) is 0 Å². The standard InChI is InChI=1S/C9H11FN2O5/c10-6-4(3-13)17-8(7(6)15)12-2-1-5(14)11-9(12)16/h1-2,5,7-8,13-15H,3H2,(H,11,16)/t5?,7?,8-/m1/s1. The Bertz CT molecular complexity index is 397. The van der Waals surface area contributed by atoms with Gasteiger partial charge in [-0.2, -0.15) is 0 Å². The summed E-state index contributed by atoms with van der Waals surface area (Å²) in [6.45, 7) is -0.707. The van der Waals surface area contributed by atoms with Crippen LogP contribution in [0.2, 0.25) is 0 Å². The molecule has 2 heterocycles. The largest absolute Gasteiger partial charge is 0.466 e. The molecule has 2 amide bonds. The van der Waals surface area contributed by atoms with Gasteiger partial charge in [-0.25, -0.2) is 9.18 Å². The molecule has 0 aromatic carbocycles. The molecule has 2 rings (SSSR count). The van der Waals surface area contributed by atoms with Crippen LogP contribution in [0.1, 0.15) is 0 Å². The summed E-state index contributed by atoms with van der Waals surface area (Å²) in [5.41, 5.74) is 0. The number of carbonyl (C=O) groups excluding carboxylic acids is 1. The van der Waals surface area contributed by atoms with Crippen LogP contribution < -0.4 is 5.32 Å². The molecule has 8 heteroatoms. The monoisotopic (exact) mass is 246 g/mol. The topological polar surface area (TPSA) is 102 Å². The van der Waals surface area contributed by atoms with E-state index in [4.69, 9.17) is 14.9 Å². The molecule has 0 fully saturated rings. The first kappa shape index (κ1) is 11.8. The predicted molar refractivity (Wildman–Crippen MR) is 51.6 cm³/mol. The minimum atomic E-state index is -1.66. The summed E-state index contributed by atoms with van der Waals surface area (Å²) in [6.07, 6.45) is -1.69. The normalized spacial score (nSPS) is 32.8. The number of hydrogen-bond acceptors (Lipinski definition) is 5. The van der Waals surface area contributed by atoms with Gasteiger partial charge in [-0.3, -0.25) is 4.90 Å². The van der Waals surface area contributed by atoms with Crippen LogP contribution in [0.15, 0.2) is 23.9 Å². The van der Waals surface area contributed by atoms with Crippen molar-refractivity contribution >= 4 is 6.03 Å². The number of hydrogen-bond donors (Lipinski definition) is 4. The van der Waals surface area contributed by atoms with Crippen molar-refractivity contribution in [2.75, 3.05) is 6.61 Å². The molecule has 7 nitrogen and oxygen atoms in total. The summed E-state index contributed by atoms with van der Waals surface area (Å²) in [5, 5.41) is 29.5. The molecule has 94 valence electrons. The van der Waals surface area contributed by atoms with Crippen LogP contribution in [0.3, 0.4) is 0 Å². The first-order valence-electron chi connectivity index (χ1n) is 4.84. The number of urea groups is 1. The molecule has 0 saturated carbocycles. The molecule has 0 aromatic rings. The van der Waals surface area contributed by atoms with E-state index in [0.717, 1.165) is 4.90 Å². The minimum absolute atomic E-state index is 0.408. The maximum absolute atomic E-state index is 13.3. The second-order valence-corrected chi connectivity index (χ2v) is 3.53. The van der Waals surface area contributed by atoms with Crippen molar-refractivity contribution in [3.8, 4) is 0 Å². The van der Waals surface area contributed by atoms with Crippen molar-refractivity contribution in [3.63, 3.8) is 0 Å². The van der Waals surface area contributed by atoms with E-state index in [9.17, 15) is 14.3 Å². The number of rotatable bonds is 2. The van der Waals surface area contributed by atoms with Gasteiger partial charge in [0.15, 0.2) is 17.7 Å². The lowest BCUT2D eigenvalue weighted by Crippen LogP contribution is -2.52. The van der Waals surface area contributed by atoms with Gasteiger partial charge in [0.2, 0.25) is 6.23 Å². The molecule has 17 heavy (non-hydrogen) atoms. The van der Waals surface area contributed by atoms with Crippen molar-refractivity contribution in [3.05, 3.63) is 23.9 Å². The van der Waals surface area contributed by atoms with E-state index in [-0.39, 0.29) is 0 Å². The summed E-state index contributed by atoms with van der Waals surface area (Å²) in [4.78, 5) is 12.3. The Morgan fingerprint density at radius 3 is 2.76 bits per heavy atom. The third kappa shape index (κ3) is 1.97. The molecule has 0 spiro atoms. The van der Waals surface area contributed by atoms with Crippen LogP contribution in [0, 0.1) is 0 Å². The maximum atomic E-state index is 13.3. The van der Waals surface area contributed by atoms with E-state index in [1.165, 1.54) is 12.3 Å². The van der Waals surface area contributed by atoms with Crippen LogP contribution in [0.25, 0.3) is 0 Å². The molecule has 2 unspecified atom stereocenters. The molecule has 0 radical (unpaired) electrons. The number of nitrogens with zero attached hydrogens (tertiary/aromatic N) is 1. The zero-order valence-corrected chi connectivity index (χ0v) is 8.58. The Kier molecular flexibility index (Phi) is 3.01. The molecule has 0 saturated heterocycles. The van der Waals surface area contributed by atoms with Crippen molar-refractivity contribution < 1.29 is 29.2 Å². The number of aliphatic hydroxyl groups excluding tert-OH is 3. The lowest BCUT2D eigenvalue weighted by Gasteiger charge is -2.30. The number of ether oxygens (including phenoxy) is 1. The lowest BCUT2D eigenvalue weighted by atomic mass is 10.2. The molecule has 2 aliphatic rings. The van der Waals surface area contributed by atoms with Crippen LogP contribution in [-0.4, -0.2) is 51.4 Å². The third-order valence-electron chi connectivity index (χ3n) is 2.41. The first-order chi connectivity index (χ1) is 8.04. The van der Waals surface area contributed by atoms with Crippen molar-refractivity contribution in [1.82, 2.24) is 10.2 Å². The quantitative estimate of drug-likeness (QED) is 0.487. The van der Waals surface area contributed by atoms with E-state index >= 15 is 0 Å². The smallest absolute Gasteiger partial charge is 0.326 e. The van der Waals surface area contributed by atoms with Gasteiger partial charge in [0.1, 0.15) is 12.8 Å². The Morgan fingerprint density at radius 1 is 1.53 bits per heavy atom. The van der Waals surface area contributed by atoms with Crippen LogP contribution in [0.4, 0.5) is 9.18 Å². The fourth-order valence-electron chi connectivity index (χ4n) is 1.57. The summed E-state index contributed by atoms with van der Waals surface area (Å²) in [6, 6.07) is -0.740. The number of carbonyl (C=O) groups is 1. The third-order valence-corrected chi connectivity index (χ3v) is 2.41. The van der Waals surface area contributed by atoms with E-state index in [2.05, 4.69) is 5.32 Å². The van der Waals surface area contributed by atoms with E-state index in [1.807, 2.05) is 0 Å². The van der Waals surface area contributed by atoms with Crippen LogP contribution >= 0.6 is 0 Å². The summed E-state index contributed by atoms with van der Waals surface area (Å²) in [7, 11) is 0. The Morgan fingerprint density at radius 2 is 2.24 bits per heavy atom. The van der Waals surface area contributed by atoms with Crippen LogP contribution in [-0.2, 0) is 4.74 Å². The van der Waals surface area contributed by atoms with E-state index in [1.54, 1.807) is 0 Å².